The number of nitrogens with zero attached hydrogens (tertiary/aromatic N) is 1. The number of aromatic nitrogens is 1. The zero-order valence-electron chi connectivity index (χ0n) is 9.96. The Bertz CT molecular complexity index is 587. The van der Waals surface area contributed by atoms with Crippen molar-refractivity contribution in [1.82, 2.24) is 4.98 Å². The van der Waals surface area contributed by atoms with E-state index in [2.05, 4.69) is 4.98 Å². The Morgan fingerprint density at radius 1 is 1.28 bits per heavy atom. The molecule has 94 valence electrons. The SMILES string of the molecule is Cc1nc(C)c(C(=O)Cc2c(F)cccc2F)s1. The first kappa shape index (κ1) is 12.8. The van der Waals surface area contributed by atoms with E-state index in [4.69, 9.17) is 0 Å². The molecule has 0 aliphatic carbocycles. The molecule has 0 bridgehead atoms. The molecule has 0 atom stereocenters. The number of thiazole rings is 1. The van der Waals surface area contributed by atoms with Crippen molar-refractivity contribution < 1.29 is 13.6 Å². The molecule has 0 aliphatic heterocycles. The number of Topliss-reactive ketones (excluding diaryl/α,β-unsaturated/α-hetero) is 1. The maximum atomic E-state index is 13.4. The molecule has 0 spiro atoms. The molecule has 0 amide bonds. The molecule has 2 rings (SSSR count). The molecule has 0 N–H and O–H groups in total. The van der Waals surface area contributed by atoms with E-state index in [1.807, 2.05) is 0 Å². The van der Waals surface area contributed by atoms with Gasteiger partial charge in [-0.1, -0.05) is 6.07 Å². The number of ketones is 1. The van der Waals surface area contributed by atoms with Gasteiger partial charge in [-0.15, -0.1) is 11.3 Å². The highest BCUT2D eigenvalue weighted by Gasteiger charge is 2.18. The number of carbonyl (C=O) groups is 1. The van der Waals surface area contributed by atoms with Crippen molar-refractivity contribution in [2.75, 3.05) is 0 Å². The van der Waals surface area contributed by atoms with E-state index in [0.717, 1.165) is 17.1 Å². The normalized spacial score (nSPS) is 10.7. The number of benzene rings is 1. The summed E-state index contributed by atoms with van der Waals surface area (Å²) in [5, 5.41) is 0.768. The summed E-state index contributed by atoms with van der Waals surface area (Å²) in [4.78, 5) is 16.6. The number of rotatable bonds is 3. The molecular weight excluding hydrogens is 256 g/mol. The Balaban J connectivity index is 2.30. The first-order chi connectivity index (χ1) is 8.49. The van der Waals surface area contributed by atoms with Crippen LogP contribution in [0, 0.1) is 25.5 Å². The lowest BCUT2D eigenvalue weighted by Gasteiger charge is -2.03. The van der Waals surface area contributed by atoms with Crippen molar-refractivity contribution in [3.63, 3.8) is 0 Å². The van der Waals surface area contributed by atoms with Gasteiger partial charge in [0.05, 0.1) is 15.6 Å². The molecule has 5 heteroatoms. The summed E-state index contributed by atoms with van der Waals surface area (Å²) in [6.45, 7) is 3.51. The van der Waals surface area contributed by atoms with Crippen LogP contribution in [0.25, 0.3) is 0 Å². The fourth-order valence-electron chi connectivity index (χ4n) is 1.73. The topological polar surface area (TPSA) is 30.0 Å². The minimum absolute atomic E-state index is 0.187. The maximum Gasteiger partial charge on any atom is 0.179 e. The van der Waals surface area contributed by atoms with Gasteiger partial charge in [0.15, 0.2) is 5.78 Å². The molecule has 1 aromatic heterocycles. The van der Waals surface area contributed by atoms with Crippen molar-refractivity contribution >= 4 is 17.1 Å². The molecule has 0 saturated heterocycles. The highest BCUT2D eigenvalue weighted by molar-refractivity contribution is 7.13. The molecule has 1 heterocycles. The Hall–Kier alpha value is -1.62. The van der Waals surface area contributed by atoms with Crippen LogP contribution in [0.4, 0.5) is 8.78 Å². The minimum Gasteiger partial charge on any atom is -0.293 e. The second-order valence-corrected chi connectivity index (χ2v) is 5.15. The van der Waals surface area contributed by atoms with E-state index >= 15 is 0 Å². The average Bonchev–Trinajstić information content (AvgIpc) is 2.63. The van der Waals surface area contributed by atoms with Gasteiger partial charge in [-0.05, 0) is 26.0 Å². The largest absolute Gasteiger partial charge is 0.293 e. The molecule has 2 nitrogen and oxygen atoms in total. The van der Waals surface area contributed by atoms with Crippen LogP contribution in [0.5, 0.6) is 0 Å². The van der Waals surface area contributed by atoms with Gasteiger partial charge >= 0.3 is 0 Å². The lowest BCUT2D eigenvalue weighted by atomic mass is 10.1. The molecule has 0 radical (unpaired) electrons. The van der Waals surface area contributed by atoms with Crippen molar-refractivity contribution in [2.45, 2.75) is 20.3 Å². The third-order valence-corrected chi connectivity index (χ3v) is 3.67. The highest BCUT2D eigenvalue weighted by atomic mass is 32.1. The number of aryl methyl sites for hydroxylation is 2. The summed E-state index contributed by atoms with van der Waals surface area (Å²) >= 11 is 1.25. The third-order valence-electron chi connectivity index (χ3n) is 2.56. The summed E-state index contributed by atoms with van der Waals surface area (Å²) in [5.41, 5.74) is 0.423. The van der Waals surface area contributed by atoms with Crippen LogP contribution in [0.2, 0.25) is 0 Å². The van der Waals surface area contributed by atoms with Crippen molar-refractivity contribution in [3.8, 4) is 0 Å². The standard InChI is InChI=1S/C13H11F2NOS/c1-7-13(18-8(2)16-7)12(17)6-9-10(14)4-3-5-11(9)15/h3-5H,6H2,1-2H3. The molecule has 1 aromatic carbocycles. The summed E-state index contributed by atoms with van der Waals surface area (Å²) in [6.07, 6.45) is -0.277. The van der Waals surface area contributed by atoms with Gasteiger partial charge < -0.3 is 0 Å². The summed E-state index contributed by atoms with van der Waals surface area (Å²) < 4.78 is 26.9. The van der Waals surface area contributed by atoms with Gasteiger partial charge in [-0.25, -0.2) is 13.8 Å². The van der Waals surface area contributed by atoms with Crippen LogP contribution in [-0.2, 0) is 6.42 Å². The van der Waals surface area contributed by atoms with E-state index in [1.165, 1.54) is 17.4 Å². The predicted octanol–water partition coefficient (Wildman–Crippen LogP) is 3.46. The molecule has 2 aromatic rings. The first-order valence-corrected chi connectivity index (χ1v) is 6.21. The number of carbonyl (C=O) groups excluding carboxylic acids is 1. The second-order valence-electron chi connectivity index (χ2n) is 3.95. The smallest absolute Gasteiger partial charge is 0.179 e. The summed E-state index contributed by atoms with van der Waals surface area (Å²) in [6, 6.07) is 3.58. The summed E-state index contributed by atoms with van der Waals surface area (Å²) in [7, 11) is 0. The molecular formula is C13H11F2NOS. The zero-order chi connectivity index (χ0) is 13.3. The van der Waals surface area contributed by atoms with Crippen LogP contribution in [-0.4, -0.2) is 10.8 Å². The fraction of sp³-hybridized carbons (Fsp3) is 0.231. The second kappa shape index (κ2) is 4.94. The van der Waals surface area contributed by atoms with Gasteiger partial charge in [-0.2, -0.15) is 0 Å². The lowest BCUT2D eigenvalue weighted by Crippen LogP contribution is -2.07. The maximum absolute atomic E-state index is 13.4. The molecule has 18 heavy (non-hydrogen) atoms. The van der Waals surface area contributed by atoms with Gasteiger partial charge in [-0.3, -0.25) is 4.79 Å². The monoisotopic (exact) mass is 267 g/mol. The first-order valence-electron chi connectivity index (χ1n) is 5.39. The average molecular weight is 267 g/mol. The Labute approximate surface area is 107 Å². The summed E-state index contributed by atoms with van der Waals surface area (Å²) in [5.74, 6) is -1.69. The van der Waals surface area contributed by atoms with Gasteiger partial charge in [0, 0.05) is 12.0 Å². The van der Waals surface area contributed by atoms with E-state index < -0.39 is 11.6 Å². The van der Waals surface area contributed by atoms with E-state index in [-0.39, 0.29) is 17.8 Å². The Morgan fingerprint density at radius 2 is 1.89 bits per heavy atom. The molecule has 0 aliphatic rings. The lowest BCUT2D eigenvalue weighted by molar-refractivity contribution is 0.0993. The van der Waals surface area contributed by atoms with Crippen LogP contribution < -0.4 is 0 Å². The van der Waals surface area contributed by atoms with E-state index in [0.29, 0.717) is 10.6 Å². The van der Waals surface area contributed by atoms with Gasteiger partial charge in [0.25, 0.3) is 0 Å². The van der Waals surface area contributed by atoms with Crippen LogP contribution >= 0.6 is 11.3 Å². The van der Waals surface area contributed by atoms with Crippen LogP contribution in [0.15, 0.2) is 18.2 Å². The van der Waals surface area contributed by atoms with Crippen molar-refractivity contribution in [2.24, 2.45) is 0 Å². The van der Waals surface area contributed by atoms with E-state index in [1.54, 1.807) is 13.8 Å². The minimum atomic E-state index is -0.692. The van der Waals surface area contributed by atoms with Crippen molar-refractivity contribution in [1.29, 1.82) is 0 Å². The van der Waals surface area contributed by atoms with E-state index in [9.17, 15) is 13.6 Å². The van der Waals surface area contributed by atoms with Crippen LogP contribution in [0.1, 0.15) is 25.9 Å². The predicted molar refractivity (Wildman–Crippen MR) is 66.0 cm³/mol. The Morgan fingerprint density at radius 3 is 2.39 bits per heavy atom. The quantitative estimate of drug-likeness (QED) is 0.797. The fourth-order valence-corrected chi connectivity index (χ4v) is 2.59. The molecule has 0 fully saturated rings. The van der Waals surface area contributed by atoms with Gasteiger partial charge in [0.2, 0.25) is 0 Å². The Kier molecular flexibility index (Phi) is 3.52. The number of halogens is 2. The van der Waals surface area contributed by atoms with Crippen molar-refractivity contribution in [3.05, 3.63) is 51.0 Å². The highest BCUT2D eigenvalue weighted by Crippen LogP contribution is 2.21. The number of hydrogen-bond acceptors (Lipinski definition) is 3. The van der Waals surface area contributed by atoms with Gasteiger partial charge in [0.1, 0.15) is 11.6 Å². The van der Waals surface area contributed by atoms with Crippen LogP contribution in [0.3, 0.4) is 0 Å². The molecule has 0 unspecified atom stereocenters. The zero-order valence-corrected chi connectivity index (χ0v) is 10.8. The third kappa shape index (κ3) is 2.46. The molecule has 0 saturated carbocycles. The number of hydrogen-bond donors (Lipinski definition) is 0.